The zero-order chi connectivity index (χ0) is 23.4. The smallest absolute Gasteiger partial charge is 0.237 e. The van der Waals surface area contributed by atoms with E-state index in [1.165, 1.54) is 11.8 Å². The molecule has 0 radical (unpaired) electrons. The van der Waals surface area contributed by atoms with Crippen LogP contribution in [0.15, 0.2) is 78.0 Å². The van der Waals surface area contributed by atoms with Crippen molar-refractivity contribution in [3.05, 3.63) is 83.4 Å². The number of methoxy groups -OCH3 is 1. The molecule has 0 spiro atoms. The van der Waals surface area contributed by atoms with Crippen LogP contribution in [-0.4, -0.2) is 33.0 Å². The molecule has 0 aliphatic carbocycles. The van der Waals surface area contributed by atoms with E-state index >= 15 is 0 Å². The van der Waals surface area contributed by atoms with Crippen molar-refractivity contribution in [3.8, 4) is 22.8 Å². The van der Waals surface area contributed by atoms with Crippen LogP contribution in [0.3, 0.4) is 0 Å². The van der Waals surface area contributed by atoms with E-state index < -0.39 is 5.25 Å². The molecule has 33 heavy (non-hydrogen) atoms. The molecular weight excluding hydrogens is 456 g/mol. The molecule has 4 aromatic rings. The second-order valence-corrected chi connectivity index (χ2v) is 9.13. The van der Waals surface area contributed by atoms with Crippen LogP contribution in [0.25, 0.3) is 17.1 Å². The van der Waals surface area contributed by atoms with E-state index in [-0.39, 0.29) is 5.91 Å². The van der Waals surface area contributed by atoms with Crippen LogP contribution in [0.5, 0.6) is 5.75 Å². The predicted octanol–water partition coefficient (Wildman–Crippen LogP) is 6.02. The topological polar surface area (TPSA) is 69.0 Å². The molecule has 0 saturated heterocycles. The predicted molar refractivity (Wildman–Crippen MR) is 133 cm³/mol. The zero-order valence-corrected chi connectivity index (χ0v) is 20.0. The molecule has 3 aromatic carbocycles. The lowest BCUT2D eigenvalue weighted by Gasteiger charge is -2.15. The summed E-state index contributed by atoms with van der Waals surface area (Å²) < 4.78 is 7.46. The first kappa shape index (κ1) is 22.9. The van der Waals surface area contributed by atoms with Crippen molar-refractivity contribution in [2.45, 2.75) is 24.3 Å². The Bertz CT molecular complexity index is 1270. The van der Waals surface area contributed by atoms with Gasteiger partial charge in [0.25, 0.3) is 0 Å². The third kappa shape index (κ3) is 5.05. The summed E-state index contributed by atoms with van der Waals surface area (Å²) in [6.45, 7) is 3.81. The van der Waals surface area contributed by atoms with Gasteiger partial charge in [0.05, 0.1) is 17.9 Å². The highest BCUT2D eigenvalue weighted by molar-refractivity contribution is 8.00. The lowest BCUT2D eigenvalue weighted by atomic mass is 10.2. The maximum atomic E-state index is 12.9. The van der Waals surface area contributed by atoms with Gasteiger partial charge in [0.1, 0.15) is 5.75 Å². The minimum atomic E-state index is -0.412. The molecule has 1 N–H and O–H groups in total. The van der Waals surface area contributed by atoms with Gasteiger partial charge in [0.15, 0.2) is 11.0 Å². The highest BCUT2D eigenvalue weighted by atomic mass is 35.5. The molecule has 0 fully saturated rings. The van der Waals surface area contributed by atoms with E-state index in [9.17, 15) is 4.79 Å². The number of thioether (sulfide) groups is 1. The molecule has 168 valence electrons. The summed E-state index contributed by atoms with van der Waals surface area (Å²) in [5.41, 5.74) is 3.43. The number of nitrogens with one attached hydrogen (secondary N) is 1. The van der Waals surface area contributed by atoms with Gasteiger partial charge in [0, 0.05) is 16.4 Å². The quantitative estimate of drug-likeness (QED) is 0.329. The number of para-hydroxylation sites is 2. The van der Waals surface area contributed by atoms with Crippen molar-refractivity contribution in [1.29, 1.82) is 0 Å². The maximum absolute atomic E-state index is 12.9. The van der Waals surface area contributed by atoms with Crippen molar-refractivity contribution in [3.63, 3.8) is 0 Å². The van der Waals surface area contributed by atoms with E-state index in [0.29, 0.717) is 21.8 Å². The summed E-state index contributed by atoms with van der Waals surface area (Å²) in [5.74, 6) is 1.18. The molecule has 1 unspecified atom stereocenters. The Hall–Kier alpha value is -3.29. The minimum absolute atomic E-state index is 0.112. The number of nitrogens with zero attached hydrogens (tertiary/aromatic N) is 3. The van der Waals surface area contributed by atoms with E-state index in [0.717, 1.165) is 22.5 Å². The second kappa shape index (κ2) is 10.1. The van der Waals surface area contributed by atoms with Gasteiger partial charge in [-0.25, -0.2) is 0 Å². The Morgan fingerprint density at radius 2 is 1.73 bits per heavy atom. The van der Waals surface area contributed by atoms with Gasteiger partial charge >= 0.3 is 0 Å². The third-order valence-corrected chi connectivity index (χ3v) is 6.42. The van der Waals surface area contributed by atoms with Crippen molar-refractivity contribution in [1.82, 2.24) is 14.8 Å². The van der Waals surface area contributed by atoms with Crippen LogP contribution in [0.2, 0.25) is 5.02 Å². The number of halogens is 1. The minimum Gasteiger partial charge on any atom is -0.496 e. The van der Waals surface area contributed by atoms with E-state index in [1.54, 1.807) is 7.11 Å². The Labute approximate surface area is 202 Å². The second-order valence-electron chi connectivity index (χ2n) is 7.38. The largest absolute Gasteiger partial charge is 0.496 e. The number of hydrogen-bond donors (Lipinski definition) is 1. The number of carbonyl (C=O) groups excluding carboxylic acids is 1. The highest BCUT2D eigenvalue weighted by Crippen LogP contribution is 2.34. The van der Waals surface area contributed by atoms with Crippen LogP contribution < -0.4 is 10.1 Å². The molecular formula is C25H23ClN4O2S. The number of aryl methyl sites for hydroxylation is 1. The van der Waals surface area contributed by atoms with Gasteiger partial charge in [-0.1, -0.05) is 53.7 Å². The summed E-state index contributed by atoms with van der Waals surface area (Å²) in [5, 5.41) is 12.7. The van der Waals surface area contributed by atoms with Crippen molar-refractivity contribution in [2.75, 3.05) is 12.4 Å². The Balaban J connectivity index is 1.69. The fourth-order valence-electron chi connectivity index (χ4n) is 3.33. The SMILES string of the molecule is COc1ccccc1-c1nnc(SC(C)C(=O)Nc2ccccc2C)n1-c1ccc(Cl)cc1. The van der Waals surface area contributed by atoms with Crippen LogP contribution in [0.1, 0.15) is 12.5 Å². The average molecular weight is 479 g/mol. The van der Waals surface area contributed by atoms with E-state index in [2.05, 4.69) is 15.5 Å². The number of aromatic nitrogens is 3. The normalized spacial score (nSPS) is 11.8. The molecule has 1 atom stereocenters. The van der Waals surface area contributed by atoms with Crippen molar-refractivity contribution in [2.24, 2.45) is 0 Å². The third-order valence-electron chi connectivity index (χ3n) is 5.12. The highest BCUT2D eigenvalue weighted by Gasteiger charge is 2.23. The van der Waals surface area contributed by atoms with Gasteiger partial charge < -0.3 is 10.1 Å². The van der Waals surface area contributed by atoms with Gasteiger partial charge in [0.2, 0.25) is 5.91 Å². The fourth-order valence-corrected chi connectivity index (χ4v) is 4.33. The fraction of sp³-hybridized carbons (Fsp3) is 0.160. The summed E-state index contributed by atoms with van der Waals surface area (Å²) in [7, 11) is 1.62. The Kier molecular flexibility index (Phi) is 7.01. The zero-order valence-electron chi connectivity index (χ0n) is 18.4. The molecule has 0 bridgehead atoms. The van der Waals surface area contributed by atoms with Crippen LogP contribution in [0, 0.1) is 6.92 Å². The number of benzene rings is 3. The standard InChI is InChI=1S/C25H23ClN4O2S/c1-16-8-4-6-10-21(16)27-24(31)17(2)33-25-29-28-23(20-9-5-7-11-22(20)32-3)30(25)19-14-12-18(26)13-15-19/h4-15,17H,1-3H3,(H,27,31). The van der Waals surface area contributed by atoms with Gasteiger partial charge in [-0.15, -0.1) is 10.2 Å². The number of hydrogen-bond acceptors (Lipinski definition) is 5. The van der Waals surface area contributed by atoms with Crippen LogP contribution in [-0.2, 0) is 4.79 Å². The molecule has 0 aliphatic heterocycles. The molecule has 0 aliphatic rings. The van der Waals surface area contributed by atoms with Crippen molar-refractivity contribution >= 4 is 35.0 Å². The Morgan fingerprint density at radius 1 is 1.03 bits per heavy atom. The molecule has 0 saturated carbocycles. The number of anilines is 1. The van der Waals surface area contributed by atoms with Gasteiger partial charge in [-0.05, 0) is 61.9 Å². The van der Waals surface area contributed by atoms with Crippen LogP contribution >= 0.6 is 23.4 Å². The lowest BCUT2D eigenvalue weighted by molar-refractivity contribution is -0.115. The summed E-state index contributed by atoms with van der Waals surface area (Å²) >= 11 is 7.45. The number of carbonyl (C=O) groups is 1. The molecule has 8 heteroatoms. The van der Waals surface area contributed by atoms with Crippen LogP contribution in [0.4, 0.5) is 5.69 Å². The first-order valence-electron chi connectivity index (χ1n) is 10.4. The molecule has 1 heterocycles. The van der Waals surface area contributed by atoms with Crippen molar-refractivity contribution < 1.29 is 9.53 Å². The molecule has 6 nitrogen and oxygen atoms in total. The molecule has 4 rings (SSSR count). The number of rotatable bonds is 7. The van der Waals surface area contributed by atoms with Gasteiger partial charge in [-0.2, -0.15) is 0 Å². The summed E-state index contributed by atoms with van der Waals surface area (Å²) in [6.07, 6.45) is 0. The number of amides is 1. The molecule has 1 aromatic heterocycles. The first-order chi connectivity index (χ1) is 16.0. The molecule has 1 amide bonds. The number of ether oxygens (including phenoxy) is 1. The van der Waals surface area contributed by atoms with E-state index in [1.807, 2.05) is 91.2 Å². The lowest BCUT2D eigenvalue weighted by Crippen LogP contribution is -2.23. The average Bonchev–Trinajstić information content (AvgIpc) is 3.24. The maximum Gasteiger partial charge on any atom is 0.237 e. The van der Waals surface area contributed by atoms with Gasteiger partial charge in [-0.3, -0.25) is 9.36 Å². The van der Waals surface area contributed by atoms with E-state index in [4.69, 9.17) is 16.3 Å². The first-order valence-corrected chi connectivity index (χ1v) is 11.6. The monoisotopic (exact) mass is 478 g/mol. The summed E-state index contributed by atoms with van der Waals surface area (Å²) in [6, 6.07) is 22.7. The Morgan fingerprint density at radius 3 is 2.45 bits per heavy atom. The summed E-state index contributed by atoms with van der Waals surface area (Å²) in [4.78, 5) is 12.9.